The zero-order valence-corrected chi connectivity index (χ0v) is 17.9. The Labute approximate surface area is 188 Å². The summed E-state index contributed by atoms with van der Waals surface area (Å²) in [5.41, 5.74) is 2.50. The maximum atomic E-state index is 14.9. The Morgan fingerprint density at radius 3 is 2.66 bits per heavy atom. The van der Waals surface area contributed by atoms with Gasteiger partial charge in [0, 0.05) is 35.7 Å². The van der Waals surface area contributed by atoms with E-state index in [4.69, 9.17) is 16.3 Å². The van der Waals surface area contributed by atoms with Crippen molar-refractivity contribution in [2.75, 3.05) is 0 Å². The van der Waals surface area contributed by atoms with Crippen LogP contribution in [0.25, 0.3) is 33.5 Å². The van der Waals surface area contributed by atoms with Gasteiger partial charge in [0.25, 0.3) is 0 Å². The highest BCUT2D eigenvalue weighted by molar-refractivity contribution is 6.31. The summed E-state index contributed by atoms with van der Waals surface area (Å²) in [4.78, 5) is 23.0. The number of aromatic nitrogens is 3. The minimum Gasteiger partial charge on any atom is -0.481 e. The van der Waals surface area contributed by atoms with Crippen molar-refractivity contribution >= 4 is 28.6 Å². The summed E-state index contributed by atoms with van der Waals surface area (Å²) in [5, 5.41) is 9.76. The second-order valence-corrected chi connectivity index (χ2v) is 8.78. The molecule has 1 saturated carbocycles. The number of hydrogen-bond acceptors (Lipinski definition) is 4. The van der Waals surface area contributed by atoms with Crippen LogP contribution in [0.4, 0.5) is 4.39 Å². The highest BCUT2D eigenvalue weighted by Crippen LogP contribution is 2.42. The molecule has 0 aliphatic heterocycles. The maximum absolute atomic E-state index is 14.9. The Kier molecular flexibility index (Phi) is 4.86. The summed E-state index contributed by atoms with van der Waals surface area (Å²) in [6.07, 6.45) is 2.35. The molecular weight excluding hydrogens is 433 g/mol. The van der Waals surface area contributed by atoms with Gasteiger partial charge in [0.15, 0.2) is 0 Å². The summed E-state index contributed by atoms with van der Waals surface area (Å²) < 4.78 is 20.6. The van der Waals surface area contributed by atoms with E-state index >= 15 is 0 Å². The maximum Gasteiger partial charge on any atom is 0.309 e. The van der Waals surface area contributed by atoms with Gasteiger partial charge in [-0.15, -0.1) is 0 Å². The molecular formula is C24H19ClFN3O3. The van der Waals surface area contributed by atoms with Gasteiger partial charge >= 0.3 is 5.97 Å². The summed E-state index contributed by atoms with van der Waals surface area (Å²) in [6, 6.07) is 13.7. The second kappa shape index (κ2) is 7.60. The number of carboxylic acids is 1. The van der Waals surface area contributed by atoms with Crippen LogP contribution in [0, 0.1) is 11.2 Å². The van der Waals surface area contributed by atoms with Crippen molar-refractivity contribution in [2.45, 2.75) is 25.9 Å². The molecule has 5 rings (SSSR count). The van der Waals surface area contributed by atoms with Crippen LogP contribution in [0.1, 0.15) is 19.8 Å². The van der Waals surface area contributed by atoms with Crippen molar-refractivity contribution in [3.63, 3.8) is 0 Å². The Morgan fingerprint density at radius 2 is 1.97 bits per heavy atom. The van der Waals surface area contributed by atoms with Crippen molar-refractivity contribution in [1.29, 1.82) is 0 Å². The number of aromatic amines is 1. The van der Waals surface area contributed by atoms with Gasteiger partial charge in [-0.25, -0.2) is 14.4 Å². The van der Waals surface area contributed by atoms with Gasteiger partial charge in [0.2, 0.25) is 5.88 Å². The number of halogens is 2. The predicted octanol–water partition coefficient (Wildman–Crippen LogP) is 5.72. The lowest BCUT2D eigenvalue weighted by Crippen LogP contribution is -2.47. The number of imidazole rings is 1. The van der Waals surface area contributed by atoms with Crippen LogP contribution in [-0.2, 0) is 4.79 Å². The topological polar surface area (TPSA) is 88.1 Å². The van der Waals surface area contributed by atoms with E-state index in [1.54, 1.807) is 49.5 Å². The highest BCUT2D eigenvalue weighted by atomic mass is 35.5. The second-order valence-electron chi connectivity index (χ2n) is 8.34. The standard InChI is InChI=1S/C24H19ClFN3O3/c1-24(23(30)31)10-16(11-24)32-21-7-3-14(12-27-21)13-2-5-17(18(26)8-13)22-28-19-6-4-15(25)9-20(19)29-22/h2-9,12,16H,10-11H2,1H3,(H,28,29)(H,30,31)/t16-,24+. The number of nitrogens with zero attached hydrogens (tertiary/aromatic N) is 2. The van der Waals surface area contributed by atoms with Crippen LogP contribution < -0.4 is 4.74 Å². The fraction of sp³-hybridized carbons (Fsp3) is 0.208. The number of H-pyrrole nitrogens is 1. The number of hydrogen-bond donors (Lipinski definition) is 2. The number of fused-ring (bicyclic) bond motifs is 1. The minimum absolute atomic E-state index is 0.162. The van der Waals surface area contributed by atoms with Gasteiger partial charge in [0.1, 0.15) is 17.7 Å². The normalized spacial score (nSPS) is 20.2. The van der Waals surface area contributed by atoms with Crippen LogP contribution in [0.5, 0.6) is 5.88 Å². The molecule has 2 aromatic carbocycles. The average molecular weight is 452 g/mol. The predicted molar refractivity (Wildman–Crippen MR) is 119 cm³/mol. The van der Waals surface area contributed by atoms with Crippen molar-refractivity contribution in [3.05, 3.63) is 65.6 Å². The molecule has 8 heteroatoms. The summed E-state index contributed by atoms with van der Waals surface area (Å²) in [7, 11) is 0. The van der Waals surface area contributed by atoms with Gasteiger partial charge in [-0.3, -0.25) is 4.79 Å². The van der Waals surface area contributed by atoms with E-state index in [2.05, 4.69) is 15.0 Å². The number of nitrogens with one attached hydrogen (secondary N) is 1. The lowest BCUT2D eigenvalue weighted by atomic mass is 9.68. The van der Waals surface area contributed by atoms with Crippen LogP contribution in [0.3, 0.4) is 0 Å². The average Bonchev–Trinajstić information content (AvgIpc) is 3.15. The summed E-state index contributed by atoms with van der Waals surface area (Å²) >= 11 is 6.00. The van der Waals surface area contributed by atoms with Gasteiger partial charge < -0.3 is 14.8 Å². The molecule has 2 aromatic heterocycles. The minimum atomic E-state index is -0.808. The summed E-state index contributed by atoms with van der Waals surface area (Å²) in [5.74, 6) is -0.362. The van der Waals surface area contributed by atoms with E-state index < -0.39 is 17.2 Å². The molecule has 0 saturated heterocycles. The van der Waals surface area contributed by atoms with Gasteiger partial charge in [0.05, 0.1) is 22.0 Å². The van der Waals surface area contributed by atoms with Crippen molar-refractivity contribution in [1.82, 2.24) is 15.0 Å². The Bertz CT molecular complexity index is 1330. The molecule has 2 heterocycles. The molecule has 162 valence electrons. The van der Waals surface area contributed by atoms with E-state index in [-0.39, 0.29) is 6.10 Å². The molecule has 0 bridgehead atoms. The quantitative estimate of drug-likeness (QED) is 0.405. The fourth-order valence-electron chi connectivity index (χ4n) is 3.99. The first kappa shape index (κ1) is 20.5. The largest absolute Gasteiger partial charge is 0.481 e. The number of carboxylic acid groups (broad SMARTS) is 1. The fourth-order valence-corrected chi connectivity index (χ4v) is 4.15. The smallest absolute Gasteiger partial charge is 0.309 e. The summed E-state index contributed by atoms with van der Waals surface area (Å²) in [6.45, 7) is 1.71. The molecule has 0 radical (unpaired) electrons. The molecule has 0 spiro atoms. The highest BCUT2D eigenvalue weighted by Gasteiger charge is 2.48. The SMILES string of the molecule is C[C@]1(C(=O)O)C[C@@H](Oc2ccc(-c3ccc(-c4nc5cc(Cl)ccc5[nH]4)c(F)c3)cn2)C1. The van der Waals surface area contributed by atoms with Gasteiger partial charge in [-0.05, 0) is 48.9 Å². The molecule has 1 aliphatic rings. The third kappa shape index (κ3) is 3.69. The van der Waals surface area contributed by atoms with E-state index in [0.717, 1.165) is 11.1 Å². The van der Waals surface area contributed by atoms with Crippen molar-refractivity contribution in [3.8, 4) is 28.4 Å². The lowest BCUT2D eigenvalue weighted by molar-refractivity contribution is -0.159. The Hall–Kier alpha value is -3.45. The first-order valence-electron chi connectivity index (χ1n) is 10.1. The number of pyridine rings is 1. The third-order valence-corrected chi connectivity index (χ3v) is 6.13. The number of ether oxygens (including phenoxy) is 1. The Morgan fingerprint density at radius 1 is 1.19 bits per heavy atom. The number of carbonyl (C=O) groups is 1. The molecule has 6 nitrogen and oxygen atoms in total. The zero-order chi connectivity index (χ0) is 22.5. The van der Waals surface area contributed by atoms with Crippen LogP contribution in [-0.4, -0.2) is 32.1 Å². The van der Waals surface area contributed by atoms with Crippen molar-refractivity contribution in [2.24, 2.45) is 5.41 Å². The lowest BCUT2D eigenvalue weighted by Gasteiger charge is -2.40. The Balaban J connectivity index is 1.32. The van der Waals surface area contributed by atoms with Gasteiger partial charge in [-0.2, -0.15) is 0 Å². The van der Waals surface area contributed by atoms with Gasteiger partial charge in [-0.1, -0.05) is 17.7 Å². The zero-order valence-electron chi connectivity index (χ0n) is 17.1. The van der Waals surface area contributed by atoms with E-state index in [0.29, 0.717) is 46.2 Å². The molecule has 2 N–H and O–H groups in total. The molecule has 0 unspecified atom stereocenters. The molecule has 0 atom stereocenters. The van der Waals surface area contributed by atoms with Crippen molar-refractivity contribution < 1.29 is 19.0 Å². The third-order valence-electron chi connectivity index (χ3n) is 5.90. The van der Waals surface area contributed by atoms with E-state index in [1.807, 2.05) is 6.07 Å². The molecule has 1 fully saturated rings. The van der Waals surface area contributed by atoms with Crippen LogP contribution >= 0.6 is 11.6 Å². The van der Waals surface area contributed by atoms with Crippen LogP contribution in [0.2, 0.25) is 5.02 Å². The van der Waals surface area contributed by atoms with E-state index in [9.17, 15) is 14.3 Å². The first-order chi connectivity index (χ1) is 15.3. The molecule has 32 heavy (non-hydrogen) atoms. The molecule has 0 amide bonds. The number of benzene rings is 2. The van der Waals surface area contributed by atoms with E-state index in [1.165, 1.54) is 6.07 Å². The first-order valence-corrected chi connectivity index (χ1v) is 10.5. The number of rotatable bonds is 5. The molecule has 4 aromatic rings. The monoisotopic (exact) mass is 451 g/mol. The number of aliphatic carboxylic acids is 1. The molecule has 1 aliphatic carbocycles. The van der Waals surface area contributed by atoms with Crippen LogP contribution in [0.15, 0.2) is 54.7 Å².